The smallest absolute Gasteiger partial charge is 0.270 e. The summed E-state index contributed by atoms with van der Waals surface area (Å²) in [5.41, 5.74) is 3.27. The first kappa shape index (κ1) is 13.9. The van der Waals surface area contributed by atoms with Crippen molar-refractivity contribution in [2.45, 2.75) is 45.2 Å². The van der Waals surface area contributed by atoms with Crippen LogP contribution in [0.25, 0.3) is 0 Å². The highest BCUT2D eigenvalue weighted by Crippen LogP contribution is 2.29. The number of amides is 1. The lowest BCUT2D eigenvalue weighted by Gasteiger charge is -2.26. The van der Waals surface area contributed by atoms with Crippen molar-refractivity contribution in [2.24, 2.45) is 0 Å². The third-order valence-corrected chi connectivity index (χ3v) is 4.06. The van der Waals surface area contributed by atoms with Crippen LogP contribution in [0.4, 0.5) is 0 Å². The number of hydrogen-bond acceptors (Lipinski definition) is 2. The second-order valence-electron chi connectivity index (χ2n) is 5.56. The molecule has 0 radical (unpaired) electrons. The van der Waals surface area contributed by atoms with Gasteiger partial charge in [-0.25, -0.2) is 0 Å². The molecule has 21 heavy (non-hydrogen) atoms. The van der Waals surface area contributed by atoms with Gasteiger partial charge in [0.2, 0.25) is 0 Å². The van der Waals surface area contributed by atoms with Crippen LogP contribution in [0.3, 0.4) is 0 Å². The van der Waals surface area contributed by atoms with Gasteiger partial charge in [-0.2, -0.15) is 5.10 Å². The molecule has 110 valence electrons. The van der Waals surface area contributed by atoms with Gasteiger partial charge in [-0.15, -0.1) is 0 Å². The van der Waals surface area contributed by atoms with Crippen LogP contribution >= 0.6 is 0 Å². The molecule has 0 saturated carbocycles. The molecule has 1 aromatic carbocycles. The van der Waals surface area contributed by atoms with Crippen molar-refractivity contribution < 1.29 is 4.79 Å². The van der Waals surface area contributed by atoms with Crippen LogP contribution in [0.1, 0.15) is 53.8 Å². The third kappa shape index (κ3) is 2.84. The molecule has 0 saturated heterocycles. The van der Waals surface area contributed by atoms with Gasteiger partial charge in [0.1, 0.15) is 5.69 Å². The van der Waals surface area contributed by atoms with E-state index in [1.54, 1.807) is 16.9 Å². The van der Waals surface area contributed by atoms with Gasteiger partial charge in [-0.05, 0) is 42.9 Å². The summed E-state index contributed by atoms with van der Waals surface area (Å²) in [5.74, 6) is -0.0253. The summed E-state index contributed by atoms with van der Waals surface area (Å²) >= 11 is 0. The van der Waals surface area contributed by atoms with Gasteiger partial charge in [0.25, 0.3) is 5.91 Å². The number of benzene rings is 1. The van der Waals surface area contributed by atoms with E-state index in [4.69, 9.17) is 0 Å². The highest BCUT2D eigenvalue weighted by molar-refractivity contribution is 5.92. The zero-order valence-corrected chi connectivity index (χ0v) is 12.4. The Hall–Kier alpha value is -2.10. The molecular weight excluding hydrogens is 262 g/mol. The minimum absolute atomic E-state index is 0.0253. The fraction of sp³-hybridized carbons (Fsp3) is 0.412. The average molecular weight is 283 g/mol. The van der Waals surface area contributed by atoms with Crippen LogP contribution in [-0.2, 0) is 13.0 Å². The zero-order chi connectivity index (χ0) is 14.7. The Bertz CT molecular complexity index is 632. The maximum Gasteiger partial charge on any atom is 0.270 e. The van der Waals surface area contributed by atoms with Crippen molar-refractivity contribution in [3.05, 3.63) is 53.3 Å². The Kier molecular flexibility index (Phi) is 4.04. The predicted molar refractivity (Wildman–Crippen MR) is 82.1 cm³/mol. The van der Waals surface area contributed by atoms with Gasteiger partial charge in [0.05, 0.1) is 6.04 Å². The van der Waals surface area contributed by atoms with Crippen molar-refractivity contribution in [2.75, 3.05) is 0 Å². The third-order valence-electron chi connectivity index (χ3n) is 4.06. The standard InChI is InChI=1S/C17H21N3O/c1-2-12-20-16(10-11-18-20)17(21)19-15-9-5-7-13-6-3-4-8-14(13)15/h3-4,6,8,10-11,15H,2,5,7,9,12H2,1H3,(H,19,21). The number of hydrogen-bond donors (Lipinski definition) is 1. The maximum absolute atomic E-state index is 12.5. The summed E-state index contributed by atoms with van der Waals surface area (Å²) < 4.78 is 1.78. The topological polar surface area (TPSA) is 46.9 Å². The number of nitrogens with one attached hydrogen (secondary N) is 1. The van der Waals surface area contributed by atoms with E-state index in [0.717, 1.165) is 32.2 Å². The Morgan fingerprint density at radius 1 is 1.38 bits per heavy atom. The summed E-state index contributed by atoms with van der Waals surface area (Å²) in [7, 11) is 0. The first-order chi connectivity index (χ1) is 10.3. The van der Waals surface area contributed by atoms with Crippen LogP contribution in [0, 0.1) is 0 Å². The lowest BCUT2D eigenvalue weighted by Crippen LogP contribution is -2.32. The molecule has 4 nitrogen and oxygen atoms in total. The maximum atomic E-state index is 12.5. The quantitative estimate of drug-likeness (QED) is 0.937. The average Bonchev–Trinajstić information content (AvgIpc) is 2.96. The molecule has 1 atom stereocenters. The summed E-state index contributed by atoms with van der Waals surface area (Å²) in [6, 6.07) is 10.3. The fourth-order valence-corrected chi connectivity index (χ4v) is 3.05. The van der Waals surface area contributed by atoms with Crippen LogP contribution in [-0.4, -0.2) is 15.7 Å². The van der Waals surface area contributed by atoms with Crippen LogP contribution in [0.15, 0.2) is 36.5 Å². The number of aromatic nitrogens is 2. The monoisotopic (exact) mass is 283 g/mol. The molecule has 3 rings (SSSR count). The van der Waals surface area contributed by atoms with Crippen LogP contribution in [0.2, 0.25) is 0 Å². The lowest BCUT2D eigenvalue weighted by atomic mass is 9.87. The first-order valence-corrected chi connectivity index (χ1v) is 7.70. The molecule has 1 aliphatic rings. The molecule has 0 spiro atoms. The zero-order valence-electron chi connectivity index (χ0n) is 12.4. The van der Waals surface area contributed by atoms with E-state index in [2.05, 4.69) is 35.5 Å². The molecule has 1 aromatic heterocycles. The van der Waals surface area contributed by atoms with Crippen LogP contribution in [0.5, 0.6) is 0 Å². The van der Waals surface area contributed by atoms with Gasteiger partial charge >= 0.3 is 0 Å². The Morgan fingerprint density at radius 3 is 3.10 bits per heavy atom. The minimum Gasteiger partial charge on any atom is -0.344 e. The number of aryl methyl sites for hydroxylation is 2. The molecule has 4 heteroatoms. The number of fused-ring (bicyclic) bond motifs is 1. The van der Waals surface area contributed by atoms with Gasteiger partial charge in [-0.1, -0.05) is 31.2 Å². The van der Waals surface area contributed by atoms with Crippen molar-refractivity contribution in [3.8, 4) is 0 Å². The number of rotatable bonds is 4. The Morgan fingerprint density at radius 2 is 2.24 bits per heavy atom. The molecule has 1 heterocycles. The molecular formula is C17H21N3O. The fourth-order valence-electron chi connectivity index (χ4n) is 3.05. The summed E-state index contributed by atoms with van der Waals surface area (Å²) in [5, 5.41) is 7.40. The van der Waals surface area contributed by atoms with E-state index in [9.17, 15) is 4.79 Å². The van der Waals surface area contributed by atoms with E-state index in [1.807, 2.05) is 6.07 Å². The summed E-state index contributed by atoms with van der Waals surface area (Å²) in [4.78, 5) is 12.5. The van der Waals surface area contributed by atoms with Crippen molar-refractivity contribution in [3.63, 3.8) is 0 Å². The molecule has 0 aliphatic heterocycles. The van der Waals surface area contributed by atoms with E-state index in [1.165, 1.54) is 11.1 Å². The van der Waals surface area contributed by atoms with Crippen molar-refractivity contribution >= 4 is 5.91 Å². The molecule has 1 amide bonds. The molecule has 1 aliphatic carbocycles. The van der Waals surface area contributed by atoms with E-state index in [-0.39, 0.29) is 11.9 Å². The Labute approximate surface area is 125 Å². The second-order valence-corrected chi connectivity index (χ2v) is 5.56. The summed E-state index contributed by atoms with van der Waals surface area (Å²) in [6.07, 6.45) is 5.89. The normalized spacial score (nSPS) is 17.3. The second kappa shape index (κ2) is 6.12. The molecule has 0 bridgehead atoms. The highest BCUT2D eigenvalue weighted by Gasteiger charge is 2.23. The van der Waals surface area contributed by atoms with E-state index < -0.39 is 0 Å². The minimum atomic E-state index is -0.0253. The molecule has 1 unspecified atom stereocenters. The number of carbonyl (C=O) groups excluding carboxylic acids is 1. The molecule has 2 aromatic rings. The van der Waals surface area contributed by atoms with Crippen LogP contribution < -0.4 is 5.32 Å². The SMILES string of the molecule is CCCn1nccc1C(=O)NC1CCCc2ccccc21. The van der Waals surface area contributed by atoms with Gasteiger partial charge in [-0.3, -0.25) is 9.48 Å². The number of carbonyl (C=O) groups is 1. The van der Waals surface area contributed by atoms with Crippen molar-refractivity contribution in [1.82, 2.24) is 15.1 Å². The van der Waals surface area contributed by atoms with Gasteiger partial charge in [0, 0.05) is 12.7 Å². The molecule has 1 N–H and O–H groups in total. The van der Waals surface area contributed by atoms with E-state index >= 15 is 0 Å². The molecule has 0 fully saturated rings. The lowest BCUT2D eigenvalue weighted by molar-refractivity contribution is 0.0921. The first-order valence-electron chi connectivity index (χ1n) is 7.70. The van der Waals surface area contributed by atoms with Gasteiger partial charge in [0.15, 0.2) is 0 Å². The number of nitrogens with zero attached hydrogens (tertiary/aromatic N) is 2. The van der Waals surface area contributed by atoms with Crippen molar-refractivity contribution in [1.29, 1.82) is 0 Å². The highest BCUT2D eigenvalue weighted by atomic mass is 16.2. The largest absolute Gasteiger partial charge is 0.344 e. The van der Waals surface area contributed by atoms with Gasteiger partial charge < -0.3 is 5.32 Å². The van der Waals surface area contributed by atoms with E-state index in [0.29, 0.717) is 5.69 Å². The predicted octanol–water partition coefficient (Wildman–Crippen LogP) is 3.10. The Balaban J connectivity index is 1.78. The summed E-state index contributed by atoms with van der Waals surface area (Å²) in [6.45, 7) is 2.86.